The molecule has 0 radical (unpaired) electrons. The Hall–Kier alpha value is -1.02. The van der Waals surface area contributed by atoms with E-state index in [1.165, 1.54) is 5.56 Å². The second-order valence-electron chi connectivity index (χ2n) is 5.47. The van der Waals surface area contributed by atoms with Crippen LogP contribution in [0.1, 0.15) is 52.6 Å². The van der Waals surface area contributed by atoms with E-state index in [4.69, 9.17) is 4.74 Å². The summed E-state index contributed by atoms with van der Waals surface area (Å²) in [5, 5.41) is 3.58. The maximum Gasteiger partial charge on any atom is 0.119 e. The van der Waals surface area contributed by atoms with Gasteiger partial charge in [0.05, 0.1) is 6.61 Å². The number of hydrogen-bond acceptors (Lipinski definition) is 2. The van der Waals surface area contributed by atoms with Gasteiger partial charge in [0.15, 0.2) is 0 Å². The van der Waals surface area contributed by atoms with Crippen molar-refractivity contribution >= 4 is 0 Å². The molecule has 0 saturated carbocycles. The van der Waals surface area contributed by atoms with E-state index >= 15 is 0 Å². The van der Waals surface area contributed by atoms with Gasteiger partial charge in [-0.1, -0.05) is 32.9 Å². The molecule has 0 bridgehead atoms. The van der Waals surface area contributed by atoms with Crippen LogP contribution in [0.3, 0.4) is 0 Å². The van der Waals surface area contributed by atoms with Gasteiger partial charge in [0.25, 0.3) is 0 Å². The molecule has 2 nitrogen and oxygen atoms in total. The fraction of sp³-hybridized carbons (Fsp3) is 0.625. The molecule has 0 saturated heterocycles. The molecule has 1 N–H and O–H groups in total. The third kappa shape index (κ3) is 5.09. The van der Waals surface area contributed by atoms with Gasteiger partial charge in [-0.3, -0.25) is 0 Å². The molecular formula is C16H27NO. The number of hydrogen-bond donors (Lipinski definition) is 1. The van der Waals surface area contributed by atoms with Gasteiger partial charge in [0.2, 0.25) is 0 Å². The Morgan fingerprint density at radius 3 is 2.50 bits per heavy atom. The normalized spacial score (nSPS) is 14.6. The smallest absolute Gasteiger partial charge is 0.119 e. The van der Waals surface area contributed by atoms with Gasteiger partial charge in [-0.15, -0.1) is 0 Å². The van der Waals surface area contributed by atoms with Gasteiger partial charge in [-0.2, -0.15) is 0 Å². The number of nitrogens with one attached hydrogen (secondary N) is 1. The summed E-state index contributed by atoms with van der Waals surface area (Å²) in [6.07, 6.45) is 1.15. The minimum absolute atomic E-state index is 0.363. The van der Waals surface area contributed by atoms with Gasteiger partial charge in [0.1, 0.15) is 5.75 Å². The monoisotopic (exact) mass is 249 g/mol. The van der Waals surface area contributed by atoms with E-state index in [1.807, 2.05) is 6.07 Å². The lowest BCUT2D eigenvalue weighted by Gasteiger charge is -2.20. The van der Waals surface area contributed by atoms with Crippen molar-refractivity contribution in [1.29, 1.82) is 0 Å². The van der Waals surface area contributed by atoms with E-state index in [0.717, 1.165) is 18.8 Å². The molecule has 1 aromatic rings. The van der Waals surface area contributed by atoms with E-state index in [0.29, 0.717) is 18.0 Å². The SMILES string of the molecule is CC[C@H](C)N[C@@H](C)c1cccc(OCC(C)C)c1. The van der Waals surface area contributed by atoms with Crippen molar-refractivity contribution in [3.8, 4) is 5.75 Å². The molecule has 0 unspecified atom stereocenters. The zero-order valence-corrected chi connectivity index (χ0v) is 12.4. The van der Waals surface area contributed by atoms with Crippen molar-refractivity contribution in [2.24, 2.45) is 5.92 Å². The van der Waals surface area contributed by atoms with E-state index in [9.17, 15) is 0 Å². The van der Waals surface area contributed by atoms with Crippen LogP contribution in [-0.4, -0.2) is 12.6 Å². The summed E-state index contributed by atoms with van der Waals surface area (Å²) >= 11 is 0. The Bertz CT molecular complexity index is 349. The highest BCUT2D eigenvalue weighted by atomic mass is 16.5. The van der Waals surface area contributed by atoms with Crippen molar-refractivity contribution in [2.75, 3.05) is 6.61 Å². The third-order valence-corrected chi connectivity index (χ3v) is 3.09. The Balaban J connectivity index is 2.63. The van der Waals surface area contributed by atoms with Crippen LogP contribution in [0.2, 0.25) is 0 Å². The number of rotatable bonds is 7. The standard InChI is InChI=1S/C16H27NO/c1-6-13(4)17-14(5)15-8-7-9-16(10-15)18-11-12(2)3/h7-10,12-14,17H,6,11H2,1-5H3/t13-,14-/m0/s1. The molecule has 1 rings (SSSR count). The maximum absolute atomic E-state index is 5.76. The Kier molecular flexibility index (Phi) is 6.20. The Labute approximate surface area is 112 Å². The molecule has 102 valence electrons. The van der Waals surface area contributed by atoms with Crippen LogP contribution < -0.4 is 10.1 Å². The molecule has 18 heavy (non-hydrogen) atoms. The average molecular weight is 249 g/mol. The van der Waals surface area contributed by atoms with Crippen LogP contribution in [0.5, 0.6) is 5.75 Å². The molecule has 0 fully saturated rings. The average Bonchev–Trinajstić information content (AvgIpc) is 2.36. The Morgan fingerprint density at radius 2 is 1.89 bits per heavy atom. The first kappa shape index (κ1) is 15.0. The van der Waals surface area contributed by atoms with Crippen molar-refractivity contribution in [3.05, 3.63) is 29.8 Å². The van der Waals surface area contributed by atoms with Crippen molar-refractivity contribution in [2.45, 2.75) is 53.1 Å². The van der Waals surface area contributed by atoms with E-state index in [2.05, 4.69) is 58.1 Å². The van der Waals surface area contributed by atoms with Crippen LogP contribution in [-0.2, 0) is 0 Å². The maximum atomic E-state index is 5.76. The second kappa shape index (κ2) is 7.42. The first-order chi connectivity index (χ1) is 8.52. The predicted molar refractivity (Wildman–Crippen MR) is 78.1 cm³/mol. The van der Waals surface area contributed by atoms with Crippen LogP contribution >= 0.6 is 0 Å². The second-order valence-corrected chi connectivity index (χ2v) is 5.47. The summed E-state index contributed by atoms with van der Waals surface area (Å²) in [5.41, 5.74) is 1.29. The number of benzene rings is 1. The highest BCUT2D eigenvalue weighted by molar-refractivity contribution is 5.30. The summed E-state index contributed by atoms with van der Waals surface area (Å²) in [5.74, 6) is 1.53. The molecule has 1 aromatic carbocycles. The Morgan fingerprint density at radius 1 is 1.17 bits per heavy atom. The summed E-state index contributed by atoms with van der Waals surface area (Å²) in [6, 6.07) is 9.30. The molecule has 0 aliphatic heterocycles. The fourth-order valence-corrected chi connectivity index (χ4v) is 1.78. The fourth-order valence-electron chi connectivity index (χ4n) is 1.78. The van der Waals surface area contributed by atoms with E-state index in [1.54, 1.807) is 0 Å². The molecule has 0 spiro atoms. The topological polar surface area (TPSA) is 21.3 Å². The molecular weight excluding hydrogens is 222 g/mol. The molecule has 0 aromatic heterocycles. The number of ether oxygens (including phenoxy) is 1. The lowest BCUT2D eigenvalue weighted by atomic mass is 10.1. The summed E-state index contributed by atoms with van der Waals surface area (Å²) in [4.78, 5) is 0. The van der Waals surface area contributed by atoms with Crippen molar-refractivity contribution < 1.29 is 4.74 Å². The lowest BCUT2D eigenvalue weighted by Crippen LogP contribution is -2.28. The highest BCUT2D eigenvalue weighted by Gasteiger charge is 2.09. The quantitative estimate of drug-likeness (QED) is 0.783. The zero-order chi connectivity index (χ0) is 13.5. The predicted octanol–water partition coefficient (Wildman–Crippen LogP) is 4.17. The first-order valence-electron chi connectivity index (χ1n) is 7.01. The van der Waals surface area contributed by atoms with Gasteiger partial charge >= 0.3 is 0 Å². The summed E-state index contributed by atoms with van der Waals surface area (Å²) < 4.78 is 5.76. The minimum Gasteiger partial charge on any atom is -0.493 e. The largest absolute Gasteiger partial charge is 0.493 e. The van der Waals surface area contributed by atoms with E-state index in [-0.39, 0.29) is 0 Å². The van der Waals surface area contributed by atoms with Crippen LogP contribution in [0.4, 0.5) is 0 Å². The first-order valence-corrected chi connectivity index (χ1v) is 7.01. The summed E-state index contributed by atoms with van der Waals surface area (Å²) in [6.45, 7) is 11.7. The highest BCUT2D eigenvalue weighted by Crippen LogP contribution is 2.20. The molecule has 0 amide bonds. The molecule has 0 aliphatic carbocycles. The molecule has 0 aliphatic rings. The van der Waals surface area contributed by atoms with Crippen LogP contribution in [0, 0.1) is 5.92 Å². The van der Waals surface area contributed by atoms with Gasteiger partial charge in [0, 0.05) is 12.1 Å². The summed E-state index contributed by atoms with van der Waals surface area (Å²) in [7, 11) is 0. The van der Waals surface area contributed by atoms with Gasteiger partial charge < -0.3 is 10.1 Å². The van der Waals surface area contributed by atoms with Crippen LogP contribution in [0.15, 0.2) is 24.3 Å². The lowest BCUT2D eigenvalue weighted by molar-refractivity contribution is 0.270. The van der Waals surface area contributed by atoms with Gasteiger partial charge in [-0.05, 0) is 43.9 Å². The van der Waals surface area contributed by atoms with Crippen molar-refractivity contribution in [1.82, 2.24) is 5.32 Å². The molecule has 2 atom stereocenters. The van der Waals surface area contributed by atoms with Crippen LogP contribution in [0.25, 0.3) is 0 Å². The van der Waals surface area contributed by atoms with Crippen molar-refractivity contribution in [3.63, 3.8) is 0 Å². The third-order valence-electron chi connectivity index (χ3n) is 3.09. The molecule has 0 heterocycles. The molecule has 2 heteroatoms. The van der Waals surface area contributed by atoms with Gasteiger partial charge in [-0.25, -0.2) is 0 Å². The van der Waals surface area contributed by atoms with E-state index < -0.39 is 0 Å². The zero-order valence-electron chi connectivity index (χ0n) is 12.4. The minimum atomic E-state index is 0.363.